The van der Waals surface area contributed by atoms with Crippen LogP contribution in [0.4, 0.5) is 0 Å². The Balaban J connectivity index is 2.44. The number of hydrogen-bond acceptors (Lipinski definition) is 3. The van der Waals surface area contributed by atoms with Crippen LogP contribution < -0.4 is 0 Å². The summed E-state index contributed by atoms with van der Waals surface area (Å²) in [5, 5.41) is 8.62. The van der Waals surface area contributed by atoms with Crippen LogP contribution >= 0.6 is 0 Å². The van der Waals surface area contributed by atoms with Gasteiger partial charge in [-0.2, -0.15) is 5.26 Å². The molecule has 0 N–H and O–H groups in total. The summed E-state index contributed by atoms with van der Waals surface area (Å²) in [6.07, 6.45) is 0. The van der Waals surface area contributed by atoms with Crippen molar-refractivity contribution in [1.82, 2.24) is 4.90 Å². The first-order valence-electron chi connectivity index (χ1n) is 3.60. The summed E-state index contributed by atoms with van der Waals surface area (Å²) in [6, 6.07) is 2.19. The molecule has 1 fully saturated rings. The minimum Gasteiger partial charge on any atom is -0.377 e. The summed E-state index contributed by atoms with van der Waals surface area (Å²) < 4.78 is 5.14. The van der Waals surface area contributed by atoms with Crippen molar-refractivity contribution in [3.63, 3.8) is 0 Å². The van der Waals surface area contributed by atoms with E-state index in [2.05, 4.69) is 17.9 Å². The van der Waals surface area contributed by atoms with Gasteiger partial charge in [0.25, 0.3) is 0 Å². The van der Waals surface area contributed by atoms with Gasteiger partial charge in [0, 0.05) is 6.54 Å². The lowest BCUT2D eigenvalue weighted by molar-refractivity contribution is 0.0156. The maximum Gasteiger partial charge on any atom is 0.121 e. The fraction of sp³-hybridized carbons (Fsp3) is 0.857. The number of ether oxygens (including phenoxy) is 1. The van der Waals surface area contributed by atoms with Gasteiger partial charge in [-0.3, -0.25) is 4.90 Å². The van der Waals surface area contributed by atoms with Gasteiger partial charge in [-0.1, -0.05) is 6.92 Å². The predicted octanol–water partition coefficient (Wildman–Crippen LogP) is 0.231. The molecule has 0 aromatic carbocycles. The second-order valence-corrected chi connectivity index (χ2v) is 2.35. The molecule has 10 heavy (non-hydrogen) atoms. The molecule has 1 aliphatic rings. The lowest BCUT2D eigenvalue weighted by Crippen LogP contribution is -2.44. The van der Waals surface area contributed by atoms with Gasteiger partial charge in [0.05, 0.1) is 19.3 Å². The van der Waals surface area contributed by atoms with Gasteiger partial charge >= 0.3 is 0 Å². The first-order chi connectivity index (χ1) is 4.88. The zero-order valence-electron chi connectivity index (χ0n) is 6.21. The molecular formula is C7H12N2O. The summed E-state index contributed by atoms with van der Waals surface area (Å²) in [6.45, 7) is 5.25. The Bertz CT molecular complexity index is 141. The first kappa shape index (κ1) is 7.52. The van der Waals surface area contributed by atoms with Crippen molar-refractivity contribution in [2.45, 2.75) is 13.0 Å². The molecule has 56 valence electrons. The summed E-state index contributed by atoms with van der Waals surface area (Å²) in [7, 11) is 0. The number of nitriles is 1. The molecule has 0 aliphatic carbocycles. The van der Waals surface area contributed by atoms with E-state index < -0.39 is 0 Å². The molecule has 3 nitrogen and oxygen atoms in total. The Morgan fingerprint density at radius 1 is 1.80 bits per heavy atom. The molecule has 1 aliphatic heterocycles. The molecule has 0 amide bonds. The topological polar surface area (TPSA) is 36.3 Å². The third kappa shape index (κ3) is 1.47. The predicted molar refractivity (Wildman–Crippen MR) is 37.5 cm³/mol. The SMILES string of the molecule is CCN1CCOCC1C#N. The summed E-state index contributed by atoms with van der Waals surface area (Å²) >= 11 is 0. The van der Waals surface area contributed by atoms with Crippen LogP contribution in [0.1, 0.15) is 6.92 Å². The molecule has 1 heterocycles. The van der Waals surface area contributed by atoms with Crippen molar-refractivity contribution in [3.8, 4) is 6.07 Å². The van der Waals surface area contributed by atoms with Crippen LogP contribution in [-0.2, 0) is 4.74 Å². The highest BCUT2D eigenvalue weighted by atomic mass is 16.5. The van der Waals surface area contributed by atoms with Gasteiger partial charge in [0.1, 0.15) is 6.04 Å². The lowest BCUT2D eigenvalue weighted by Gasteiger charge is -2.29. The van der Waals surface area contributed by atoms with Crippen molar-refractivity contribution >= 4 is 0 Å². The van der Waals surface area contributed by atoms with E-state index in [9.17, 15) is 0 Å². The minimum absolute atomic E-state index is 0.0150. The van der Waals surface area contributed by atoms with Crippen molar-refractivity contribution in [2.24, 2.45) is 0 Å². The highest BCUT2D eigenvalue weighted by Crippen LogP contribution is 2.03. The Morgan fingerprint density at radius 2 is 2.60 bits per heavy atom. The molecule has 0 aromatic rings. The van der Waals surface area contributed by atoms with E-state index in [-0.39, 0.29) is 6.04 Å². The molecule has 0 bridgehead atoms. The number of nitrogens with zero attached hydrogens (tertiary/aromatic N) is 2. The largest absolute Gasteiger partial charge is 0.377 e. The van der Waals surface area contributed by atoms with E-state index in [0.717, 1.165) is 19.7 Å². The van der Waals surface area contributed by atoms with Gasteiger partial charge in [0.2, 0.25) is 0 Å². The zero-order valence-corrected chi connectivity index (χ0v) is 6.21. The van der Waals surface area contributed by atoms with Crippen molar-refractivity contribution < 1.29 is 4.74 Å². The van der Waals surface area contributed by atoms with E-state index in [1.165, 1.54) is 0 Å². The number of likely N-dealkylation sites (N-methyl/N-ethyl adjacent to an activating group) is 1. The van der Waals surface area contributed by atoms with E-state index in [1.807, 2.05) is 0 Å². The summed E-state index contributed by atoms with van der Waals surface area (Å²) in [5.41, 5.74) is 0. The smallest absolute Gasteiger partial charge is 0.121 e. The van der Waals surface area contributed by atoms with E-state index in [1.54, 1.807) is 0 Å². The van der Waals surface area contributed by atoms with Crippen LogP contribution in [0.3, 0.4) is 0 Å². The standard InChI is InChI=1S/C7H12N2O/c1-2-9-3-4-10-6-7(9)5-8/h7H,2-4,6H2,1H3. The molecule has 3 heteroatoms. The molecular weight excluding hydrogens is 128 g/mol. The average Bonchev–Trinajstić information content (AvgIpc) is 2.04. The normalized spacial score (nSPS) is 27.8. The van der Waals surface area contributed by atoms with Crippen molar-refractivity contribution in [1.29, 1.82) is 5.26 Å². The fourth-order valence-electron chi connectivity index (χ4n) is 1.14. The Hall–Kier alpha value is -0.590. The number of hydrogen-bond donors (Lipinski definition) is 0. The first-order valence-corrected chi connectivity index (χ1v) is 3.60. The second-order valence-electron chi connectivity index (χ2n) is 2.35. The highest BCUT2D eigenvalue weighted by molar-refractivity contribution is 4.92. The molecule has 0 spiro atoms. The molecule has 0 aromatic heterocycles. The minimum atomic E-state index is -0.0150. The van der Waals surface area contributed by atoms with Crippen LogP contribution in [0.2, 0.25) is 0 Å². The van der Waals surface area contributed by atoms with Gasteiger partial charge in [0.15, 0.2) is 0 Å². The van der Waals surface area contributed by atoms with Gasteiger partial charge in [-0.25, -0.2) is 0 Å². The number of morpholine rings is 1. The van der Waals surface area contributed by atoms with E-state index in [4.69, 9.17) is 10.00 Å². The average molecular weight is 140 g/mol. The van der Waals surface area contributed by atoms with Crippen LogP contribution in [0, 0.1) is 11.3 Å². The van der Waals surface area contributed by atoms with Gasteiger partial charge < -0.3 is 4.74 Å². The lowest BCUT2D eigenvalue weighted by atomic mass is 10.2. The third-order valence-electron chi connectivity index (χ3n) is 1.79. The molecule has 0 saturated carbocycles. The van der Waals surface area contributed by atoms with Crippen LogP contribution in [0.25, 0.3) is 0 Å². The fourth-order valence-corrected chi connectivity index (χ4v) is 1.14. The molecule has 0 radical (unpaired) electrons. The summed E-state index contributed by atoms with van der Waals surface area (Å²) in [5.74, 6) is 0. The molecule has 1 rings (SSSR count). The van der Waals surface area contributed by atoms with Crippen molar-refractivity contribution in [3.05, 3.63) is 0 Å². The Labute approximate surface area is 61.2 Å². The quantitative estimate of drug-likeness (QED) is 0.523. The van der Waals surface area contributed by atoms with E-state index >= 15 is 0 Å². The maximum absolute atomic E-state index is 8.62. The zero-order chi connectivity index (χ0) is 7.40. The highest BCUT2D eigenvalue weighted by Gasteiger charge is 2.20. The van der Waals surface area contributed by atoms with Crippen LogP contribution in [0.15, 0.2) is 0 Å². The number of rotatable bonds is 1. The van der Waals surface area contributed by atoms with Crippen LogP contribution in [-0.4, -0.2) is 37.2 Å². The van der Waals surface area contributed by atoms with E-state index in [0.29, 0.717) is 6.61 Å². The Kier molecular flexibility index (Phi) is 2.67. The van der Waals surface area contributed by atoms with Gasteiger partial charge in [-0.05, 0) is 6.54 Å². The molecule has 1 unspecified atom stereocenters. The van der Waals surface area contributed by atoms with Crippen LogP contribution in [0.5, 0.6) is 0 Å². The molecule has 1 saturated heterocycles. The third-order valence-corrected chi connectivity index (χ3v) is 1.79. The maximum atomic E-state index is 8.62. The van der Waals surface area contributed by atoms with Crippen molar-refractivity contribution in [2.75, 3.05) is 26.3 Å². The Morgan fingerprint density at radius 3 is 3.10 bits per heavy atom. The second kappa shape index (κ2) is 3.55. The van der Waals surface area contributed by atoms with Gasteiger partial charge in [-0.15, -0.1) is 0 Å². The molecule has 1 atom stereocenters. The monoisotopic (exact) mass is 140 g/mol. The summed E-state index contributed by atoms with van der Waals surface area (Å²) in [4.78, 5) is 2.13.